The maximum Gasteiger partial charge on any atom is 0.337 e. The minimum atomic E-state index is -0.458. The van der Waals surface area contributed by atoms with Gasteiger partial charge in [0.1, 0.15) is 6.54 Å². The third kappa shape index (κ3) is 4.48. The summed E-state index contributed by atoms with van der Waals surface area (Å²) in [7, 11) is 1.33. The molecular weight excluding hydrogens is 396 g/mol. The molecule has 0 unspecified atom stereocenters. The van der Waals surface area contributed by atoms with Crippen molar-refractivity contribution in [2.75, 3.05) is 33.3 Å². The molecule has 9 heteroatoms. The summed E-state index contributed by atoms with van der Waals surface area (Å²) >= 11 is 0. The molecule has 2 heterocycles. The number of imidazole rings is 1. The summed E-state index contributed by atoms with van der Waals surface area (Å²) in [5, 5.41) is 3.28. The van der Waals surface area contributed by atoms with Gasteiger partial charge in [-0.05, 0) is 49.9 Å². The summed E-state index contributed by atoms with van der Waals surface area (Å²) in [5.74, 6) is -0.00933. The molecule has 0 spiro atoms. The molecule has 0 radical (unpaired) electrons. The Hall–Kier alpha value is -2.32. The molecule has 0 bridgehead atoms. The molecule has 1 aromatic heterocycles. The molecule has 1 aromatic carbocycles. The summed E-state index contributed by atoms with van der Waals surface area (Å²) < 4.78 is 8.06. The van der Waals surface area contributed by atoms with Crippen molar-refractivity contribution < 1.29 is 14.3 Å². The number of rotatable bonds is 5. The van der Waals surface area contributed by atoms with E-state index < -0.39 is 5.97 Å². The number of methoxy groups -OCH3 is 1. The fraction of sp³-hybridized carbons (Fsp3) is 0.550. The lowest BCUT2D eigenvalue weighted by molar-refractivity contribution is -0.131. The quantitative estimate of drug-likeness (QED) is 0.733. The first-order chi connectivity index (χ1) is 13.6. The summed E-state index contributed by atoms with van der Waals surface area (Å²) in [6.45, 7) is 3.62. The Balaban J connectivity index is 0.00000240. The van der Waals surface area contributed by atoms with Gasteiger partial charge in [-0.3, -0.25) is 13.9 Å². The van der Waals surface area contributed by atoms with E-state index in [0.29, 0.717) is 36.6 Å². The van der Waals surface area contributed by atoms with E-state index in [0.717, 1.165) is 37.9 Å². The molecule has 1 amide bonds. The van der Waals surface area contributed by atoms with Crippen molar-refractivity contribution >= 4 is 35.3 Å². The Kier molecular flexibility index (Phi) is 6.64. The number of hydrogen-bond acceptors (Lipinski definition) is 5. The molecule has 1 aliphatic carbocycles. The highest BCUT2D eigenvalue weighted by Gasteiger charge is 2.26. The number of esters is 1. The highest BCUT2D eigenvalue weighted by molar-refractivity contribution is 5.94. The second kappa shape index (κ2) is 9.00. The van der Waals surface area contributed by atoms with E-state index in [1.807, 2.05) is 0 Å². The first-order valence-electron chi connectivity index (χ1n) is 9.88. The number of carbonyl (C=O) groups is 2. The van der Waals surface area contributed by atoms with Gasteiger partial charge in [-0.15, -0.1) is 12.4 Å². The van der Waals surface area contributed by atoms with Crippen molar-refractivity contribution in [3.63, 3.8) is 0 Å². The lowest BCUT2D eigenvalue weighted by Crippen LogP contribution is -2.38. The van der Waals surface area contributed by atoms with E-state index in [4.69, 9.17) is 4.74 Å². The van der Waals surface area contributed by atoms with E-state index in [1.54, 1.807) is 27.7 Å². The van der Waals surface area contributed by atoms with Crippen LogP contribution in [0.15, 0.2) is 23.0 Å². The first kappa shape index (κ1) is 21.4. The van der Waals surface area contributed by atoms with Gasteiger partial charge in [-0.1, -0.05) is 0 Å². The Morgan fingerprint density at radius 1 is 1.14 bits per heavy atom. The molecule has 158 valence electrons. The highest BCUT2D eigenvalue weighted by Crippen LogP contribution is 2.31. The van der Waals surface area contributed by atoms with Gasteiger partial charge >= 0.3 is 11.7 Å². The fourth-order valence-corrected chi connectivity index (χ4v) is 3.78. The van der Waals surface area contributed by atoms with Crippen molar-refractivity contribution in [2.45, 2.75) is 32.4 Å². The van der Waals surface area contributed by atoms with E-state index >= 15 is 0 Å². The van der Waals surface area contributed by atoms with Gasteiger partial charge in [-0.25, -0.2) is 9.59 Å². The van der Waals surface area contributed by atoms with Crippen molar-refractivity contribution in [1.82, 2.24) is 19.4 Å². The number of fused-ring (bicyclic) bond motifs is 1. The molecule has 29 heavy (non-hydrogen) atoms. The molecule has 0 atom stereocenters. The maximum atomic E-state index is 13.1. The topological polar surface area (TPSA) is 85.6 Å². The van der Waals surface area contributed by atoms with Crippen LogP contribution in [0, 0.1) is 5.92 Å². The summed E-state index contributed by atoms with van der Waals surface area (Å²) in [5.41, 5.74) is 1.55. The van der Waals surface area contributed by atoms with E-state index in [9.17, 15) is 14.4 Å². The average molecular weight is 423 g/mol. The minimum Gasteiger partial charge on any atom is -0.465 e. The molecule has 1 aliphatic heterocycles. The Labute approximate surface area is 175 Å². The fourth-order valence-electron chi connectivity index (χ4n) is 3.78. The van der Waals surface area contributed by atoms with Crippen LogP contribution < -0.4 is 11.0 Å². The van der Waals surface area contributed by atoms with Gasteiger partial charge in [0.25, 0.3) is 0 Å². The van der Waals surface area contributed by atoms with Crippen LogP contribution in [0.25, 0.3) is 11.0 Å². The molecule has 2 aliphatic rings. The number of nitrogens with one attached hydrogen (secondary N) is 1. The van der Waals surface area contributed by atoms with Crippen LogP contribution >= 0.6 is 12.4 Å². The van der Waals surface area contributed by atoms with Gasteiger partial charge in [0.2, 0.25) is 5.91 Å². The molecule has 2 aromatic rings. The van der Waals surface area contributed by atoms with E-state index in [2.05, 4.69) is 5.32 Å². The number of hydrogen-bond donors (Lipinski definition) is 1. The summed E-state index contributed by atoms with van der Waals surface area (Å²) in [6.07, 6.45) is 3.15. The third-order valence-electron chi connectivity index (χ3n) is 5.56. The maximum absolute atomic E-state index is 13.1. The Bertz CT molecular complexity index is 955. The first-order valence-corrected chi connectivity index (χ1v) is 9.88. The monoisotopic (exact) mass is 422 g/mol. The number of ether oxygens (including phenoxy) is 1. The predicted molar refractivity (Wildman–Crippen MR) is 112 cm³/mol. The Morgan fingerprint density at radius 3 is 2.66 bits per heavy atom. The van der Waals surface area contributed by atoms with Crippen LogP contribution in [0.3, 0.4) is 0 Å². The second-order valence-electron chi connectivity index (χ2n) is 7.60. The van der Waals surface area contributed by atoms with Gasteiger partial charge < -0.3 is 15.0 Å². The van der Waals surface area contributed by atoms with Crippen molar-refractivity contribution in [1.29, 1.82) is 0 Å². The molecule has 1 N–H and O–H groups in total. The largest absolute Gasteiger partial charge is 0.465 e. The molecule has 4 rings (SSSR count). The van der Waals surface area contributed by atoms with Crippen molar-refractivity contribution in [3.05, 3.63) is 34.2 Å². The lowest BCUT2D eigenvalue weighted by atomic mass is 10.2. The van der Waals surface area contributed by atoms with E-state index in [-0.39, 0.29) is 30.5 Å². The second-order valence-corrected chi connectivity index (χ2v) is 7.60. The SMILES string of the molecule is COC(=O)c1ccc2c(c1)n(CC(=O)N1CCCNCC1)c(=O)n2CC1CC1.Cl. The van der Waals surface area contributed by atoms with Crippen LogP contribution in [0.4, 0.5) is 0 Å². The van der Waals surface area contributed by atoms with Crippen molar-refractivity contribution in [3.8, 4) is 0 Å². The standard InChI is InChI=1S/C20H26N4O4.ClH/c1-28-19(26)15-5-6-16-17(11-15)24(20(27)23(16)12-14-3-4-14)13-18(25)22-9-2-7-21-8-10-22;/h5-6,11,14,21H,2-4,7-10,12-13H2,1H3;1H. The zero-order chi connectivity index (χ0) is 19.7. The minimum absolute atomic E-state index is 0. The van der Waals surface area contributed by atoms with Crippen LogP contribution in [-0.4, -0.2) is 59.2 Å². The van der Waals surface area contributed by atoms with Gasteiger partial charge in [0.05, 0.1) is 23.7 Å². The normalized spacial score (nSPS) is 16.9. The number of nitrogens with zero attached hydrogens (tertiary/aromatic N) is 3. The molecule has 1 saturated heterocycles. The average Bonchev–Trinajstić information content (AvgIpc) is 3.52. The smallest absolute Gasteiger partial charge is 0.337 e. The molecule has 1 saturated carbocycles. The summed E-state index contributed by atoms with van der Waals surface area (Å²) in [6, 6.07) is 5.11. The highest BCUT2D eigenvalue weighted by atomic mass is 35.5. The van der Waals surface area contributed by atoms with Gasteiger partial charge in [-0.2, -0.15) is 0 Å². The summed E-state index contributed by atoms with van der Waals surface area (Å²) in [4.78, 5) is 39.8. The van der Waals surface area contributed by atoms with Gasteiger partial charge in [0.15, 0.2) is 0 Å². The zero-order valence-corrected chi connectivity index (χ0v) is 17.4. The van der Waals surface area contributed by atoms with Crippen LogP contribution in [0.2, 0.25) is 0 Å². The number of carbonyl (C=O) groups excluding carboxylic acids is 2. The molecule has 2 fully saturated rings. The zero-order valence-electron chi connectivity index (χ0n) is 16.6. The predicted octanol–water partition coefficient (Wildman–Crippen LogP) is 1.24. The third-order valence-corrected chi connectivity index (χ3v) is 5.56. The van der Waals surface area contributed by atoms with Crippen LogP contribution in [0.1, 0.15) is 29.6 Å². The van der Waals surface area contributed by atoms with Crippen molar-refractivity contribution in [2.24, 2.45) is 5.92 Å². The molecule has 8 nitrogen and oxygen atoms in total. The molecular formula is C20H27ClN4O4. The van der Waals surface area contributed by atoms with Gasteiger partial charge in [0, 0.05) is 26.2 Å². The number of amides is 1. The van der Waals surface area contributed by atoms with E-state index in [1.165, 1.54) is 11.7 Å². The number of halogens is 1. The van der Waals surface area contributed by atoms with Crippen LogP contribution in [-0.2, 0) is 22.6 Å². The number of benzene rings is 1. The Morgan fingerprint density at radius 2 is 1.93 bits per heavy atom. The lowest BCUT2D eigenvalue weighted by Gasteiger charge is -2.20. The number of aromatic nitrogens is 2. The van der Waals surface area contributed by atoms with Crippen LogP contribution in [0.5, 0.6) is 0 Å².